The molecule has 0 saturated carbocycles. The van der Waals surface area contributed by atoms with Crippen molar-refractivity contribution in [3.8, 4) is 5.69 Å². The smallest absolute Gasteiger partial charge is 0.240 e. The molecule has 26 heavy (non-hydrogen) atoms. The number of benzene rings is 2. The highest BCUT2D eigenvalue weighted by Gasteiger charge is 2.23. The first-order valence-electron chi connectivity index (χ1n) is 8.29. The van der Waals surface area contributed by atoms with Crippen LogP contribution in [0.5, 0.6) is 0 Å². The van der Waals surface area contributed by atoms with Crippen LogP contribution in [-0.4, -0.2) is 27.5 Å². The molecule has 4 nitrogen and oxygen atoms in total. The Hall–Kier alpha value is -1.96. The Balaban J connectivity index is 1.76. The maximum atomic E-state index is 12.9. The minimum absolute atomic E-state index is 0.0658. The van der Waals surface area contributed by atoms with Crippen molar-refractivity contribution in [2.24, 2.45) is 0 Å². The van der Waals surface area contributed by atoms with E-state index in [1.165, 1.54) is 23.1 Å². The van der Waals surface area contributed by atoms with E-state index in [1.807, 2.05) is 74.5 Å². The van der Waals surface area contributed by atoms with E-state index < -0.39 is 0 Å². The van der Waals surface area contributed by atoms with Crippen molar-refractivity contribution < 1.29 is 4.79 Å². The standard InChI is InChI=1S/C19H19N3OS3/c1-3-21(15-10-6-4-7-11-15)17(23)14(2)25-18-20-22(19(24)26-18)16-12-8-5-9-13-16/h4-14H,3H2,1-2H3. The number of amides is 1. The van der Waals surface area contributed by atoms with Gasteiger partial charge in [0.05, 0.1) is 10.9 Å². The molecule has 0 aliphatic rings. The molecule has 1 aromatic heterocycles. The second-order valence-corrected chi connectivity index (χ2v) is 8.77. The number of aromatic nitrogens is 2. The third kappa shape index (κ3) is 4.23. The quantitative estimate of drug-likeness (QED) is 0.420. The van der Waals surface area contributed by atoms with Gasteiger partial charge in [0, 0.05) is 12.2 Å². The molecule has 1 amide bonds. The summed E-state index contributed by atoms with van der Waals surface area (Å²) in [7, 11) is 0. The Morgan fingerprint density at radius 2 is 1.81 bits per heavy atom. The largest absolute Gasteiger partial charge is 0.312 e. The van der Waals surface area contributed by atoms with E-state index in [0.717, 1.165) is 15.7 Å². The maximum Gasteiger partial charge on any atom is 0.240 e. The number of nitrogens with zero attached hydrogens (tertiary/aromatic N) is 3. The number of para-hydroxylation sites is 2. The van der Waals surface area contributed by atoms with E-state index in [9.17, 15) is 4.79 Å². The maximum absolute atomic E-state index is 12.9. The zero-order valence-electron chi connectivity index (χ0n) is 14.5. The second-order valence-electron chi connectivity index (χ2n) is 5.56. The van der Waals surface area contributed by atoms with Crippen LogP contribution in [0.3, 0.4) is 0 Å². The second kappa shape index (κ2) is 8.62. The van der Waals surface area contributed by atoms with Crippen LogP contribution >= 0.6 is 35.3 Å². The molecule has 0 spiro atoms. The van der Waals surface area contributed by atoms with E-state index in [4.69, 9.17) is 12.2 Å². The predicted molar refractivity (Wildman–Crippen MR) is 112 cm³/mol. The molecule has 0 aliphatic carbocycles. The van der Waals surface area contributed by atoms with E-state index in [2.05, 4.69) is 5.10 Å². The summed E-state index contributed by atoms with van der Waals surface area (Å²) in [4.78, 5) is 14.7. The van der Waals surface area contributed by atoms with E-state index in [-0.39, 0.29) is 11.2 Å². The Labute approximate surface area is 166 Å². The van der Waals surface area contributed by atoms with Gasteiger partial charge in [0.2, 0.25) is 5.91 Å². The van der Waals surface area contributed by atoms with Crippen LogP contribution in [0, 0.1) is 3.95 Å². The first kappa shape index (κ1) is 18.8. The molecule has 0 N–H and O–H groups in total. The van der Waals surface area contributed by atoms with Crippen molar-refractivity contribution >= 4 is 46.9 Å². The third-order valence-corrected chi connectivity index (χ3v) is 6.21. The van der Waals surface area contributed by atoms with Crippen LogP contribution in [0.2, 0.25) is 0 Å². The molecule has 2 aromatic carbocycles. The van der Waals surface area contributed by atoms with Gasteiger partial charge in [0.25, 0.3) is 0 Å². The van der Waals surface area contributed by atoms with Crippen LogP contribution in [0.4, 0.5) is 5.69 Å². The van der Waals surface area contributed by atoms with Gasteiger partial charge in [-0.3, -0.25) is 4.79 Å². The predicted octanol–water partition coefficient (Wildman–Crippen LogP) is 5.20. The van der Waals surface area contributed by atoms with Gasteiger partial charge in [-0.05, 0) is 50.3 Å². The Kier molecular flexibility index (Phi) is 6.24. The summed E-state index contributed by atoms with van der Waals surface area (Å²) in [5.74, 6) is 0.0658. The van der Waals surface area contributed by atoms with Crippen LogP contribution < -0.4 is 4.90 Å². The minimum atomic E-state index is -0.250. The molecular formula is C19H19N3OS3. The summed E-state index contributed by atoms with van der Waals surface area (Å²) in [5.41, 5.74) is 1.84. The lowest BCUT2D eigenvalue weighted by atomic mass is 10.2. The number of rotatable bonds is 6. The Bertz CT molecular complexity index is 922. The Morgan fingerprint density at radius 3 is 2.42 bits per heavy atom. The number of anilines is 1. The minimum Gasteiger partial charge on any atom is -0.312 e. The first-order valence-corrected chi connectivity index (χ1v) is 10.4. The summed E-state index contributed by atoms with van der Waals surface area (Å²) < 4.78 is 3.21. The lowest BCUT2D eigenvalue weighted by Gasteiger charge is -2.23. The summed E-state index contributed by atoms with van der Waals surface area (Å²) in [6.07, 6.45) is 0. The van der Waals surface area contributed by atoms with Gasteiger partial charge in [-0.15, -0.1) is 5.10 Å². The Morgan fingerprint density at radius 1 is 1.19 bits per heavy atom. The van der Waals surface area contributed by atoms with E-state index in [0.29, 0.717) is 10.5 Å². The third-order valence-electron chi connectivity index (χ3n) is 3.81. The number of carbonyl (C=O) groups excluding carboxylic acids is 1. The molecule has 0 bridgehead atoms. The van der Waals surface area contributed by atoms with Crippen molar-refractivity contribution in [3.63, 3.8) is 0 Å². The molecule has 7 heteroatoms. The van der Waals surface area contributed by atoms with Gasteiger partial charge in [0.15, 0.2) is 8.29 Å². The number of thioether (sulfide) groups is 1. The van der Waals surface area contributed by atoms with Gasteiger partial charge in [-0.1, -0.05) is 59.5 Å². The summed E-state index contributed by atoms with van der Waals surface area (Å²) >= 11 is 8.31. The van der Waals surface area contributed by atoms with E-state index >= 15 is 0 Å². The van der Waals surface area contributed by atoms with Crippen molar-refractivity contribution in [3.05, 3.63) is 64.6 Å². The van der Waals surface area contributed by atoms with Crippen molar-refractivity contribution in [2.75, 3.05) is 11.4 Å². The molecule has 0 fully saturated rings. The van der Waals surface area contributed by atoms with Gasteiger partial charge in [-0.25, -0.2) is 4.68 Å². The average Bonchev–Trinajstić information content (AvgIpc) is 3.04. The molecule has 0 radical (unpaired) electrons. The van der Waals surface area contributed by atoms with Crippen LogP contribution in [-0.2, 0) is 4.79 Å². The fourth-order valence-electron chi connectivity index (χ4n) is 2.54. The molecule has 3 rings (SSSR count). The molecule has 1 unspecified atom stereocenters. The molecule has 1 heterocycles. The van der Waals surface area contributed by atoms with Crippen LogP contribution in [0.15, 0.2) is 65.0 Å². The molecule has 3 aromatic rings. The zero-order valence-corrected chi connectivity index (χ0v) is 17.0. The zero-order chi connectivity index (χ0) is 18.5. The average molecular weight is 402 g/mol. The fourth-order valence-corrected chi connectivity index (χ4v) is 5.10. The highest BCUT2D eigenvalue weighted by molar-refractivity contribution is 8.02. The monoisotopic (exact) mass is 401 g/mol. The van der Waals surface area contributed by atoms with Crippen LogP contribution in [0.25, 0.3) is 5.69 Å². The summed E-state index contributed by atoms with van der Waals surface area (Å²) in [6.45, 7) is 4.52. The van der Waals surface area contributed by atoms with Gasteiger partial charge in [-0.2, -0.15) is 0 Å². The first-order chi connectivity index (χ1) is 12.6. The van der Waals surface area contributed by atoms with Crippen molar-refractivity contribution in [2.45, 2.75) is 23.4 Å². The molecule has 0 aliphatic heterocycles. The molecular weight excluding hydrogens is 382 g/mol. The molecule has 1 atom stereocenters. The normalized spacial score (nSPS) is 11.9. The topological polar surface area (TPSA) is 38.1 Å². The highest BCUT2D eigenvalue weighted by Crippen LogP contribution is 2.29. The lowest BCUT2D eigenvalue weighted by molar-refractivity contribution is -0.117. The summed E-state index contributed by atoms with van der Waals surface area (Å²) in [5, 5.41) is 4.33. The lowest BCUT2D eigenvalue weighted by Crippen LogP contribution is -2.36. The SMILES string of the molecule is CCN(C(=O)C(C)Sc1nn(-c2ccccc2)c(=S)s1)c1ccccc1. The highest BCUT2D eigenvalue weighted by atomic mass is 32.2. The van der Waals surface area contributed by atoms with E-state index in [1.54, 1.807) is 9.58 Å². The number of hydrogen-bond acceptors (Lipinski definition) is 5. The summed E-state index contributed by atoms with van der Waals surface area (Å²) in [6, 6.07) is 19.5. The molecule has 0 saturated heterocycles. The van der Waals surface area contributed by atoms with Gasteiger partial charge < -0.3 is 4.90 Å². The van der Waals surface area contributed by atoms with Gasteiger partial charge in [0.1, 0.15) is 0 Å². The van der Waals surface area contributed by atoms with Crippen molar-refractivity contribution in [1.29, 1.82) is 0 Å². The number of hydrogen-bond donors (Lipinski definition) is 0. The van der Waals surface area contributed by atoms with Crippen molar-refractivity contribution in [1.82, 2.24) is 9.78 Å². The van der Waals surface area contributed by atoms with Crippen LogP contribution in [0.1, 0.15) is 13.8 Å². The van der Waals surface area contributed by atoms with Gasteiger partial charge >= 0.3 is 0 Å². The fraction of sp³-hybridized carbons (Fsp3) is 0.211. The molecule has 134 valence electrons. The number of carbonyl (C=O) groups is 1.